The highest BCUT2D eigenvalue weighted by molar-refractivity contribution is 5.77. The Hall–Kier alpha value is -1.55. The minimum atomic E-state index is -0.0855. The molecule has 1 aromatic rings. The molecule has 2 atom stereocenters. The number of hydrogen-bond donors (Lipinski definition) is 2. The van der Waals surface area contributed by atoms with Crippen LogP contribution >= 0.6 is 0 Å². The summed E-state index contributed by atoms with van der Waals surface area (Å²) < 4.78 is 5.27. The summed E-state index contributed by atoms with van der Waals surface area (Å²) in [5, 5.41) is 2.94. The number of ether oxygens (including phenoxy) is 1. The SMILES string of the molecule is CCC(N)CC(=O)N[C@@H](C)c1ccccc1OC. The summed E-state index contributed by atoms with van der Waals surface area (Å²) in [7, 11) is 1.63. The molecule has 1 unspecified atom stereocenters. The van der Waals surface area contributed by atoms with E-state index in [-0.39, 0.29) is 18.0 Å². The van der Waals surface area contributed by atoms with Gasteiger partial charge < -0.3 is 15.8 Å². The van der Waals surface area contributed by atoms with Crippen LogP contribution in [0.1, 0.15) is 38.3 Å². The summed E-state index contributed by atoms with van der Waals surface area (Å²) >= 11 is 0. The van der Waals surface area contributed by atoms with Crippen LogP contribution in [0.2, 0.25) is 0 Å². The molecule has 0 aliphatic carbocycles. The number of nitrogens with one attached hydrogen (secondary N) is 1. The van der Waals surface area contributed by atoms with Gasteiger partial charge in [-0.15, -0.1) is 0 Å². The molecule has 1 amide bonds. The van der Waals surface area contributed by atoms with Gasteiger partial charge in [0.05, 0.1) is 13.2 Å². The summed E-state index contributed by atoms with van der Waals surface area (Å²) in [5.74, 6) is 0.757. The molecule has 0 saturated carbocycles. The van der Waals surface area contributed by atoms with Crippen molar-refractivity contribution in [3.8, 4) is 5.75 Å². The average molecular weight is 250 g/mol. The molecule has 4 heteroatoms. The van der Waals surface area contributed by atoms with Gasteiger partial charge in [0, 0.05) is 18.0 Å². The largest absolute Gasteiger partial charge is 0.496 e. The predicted octanol–water partition coefficient (Wildman–Crippen LogP) is 2.00. The molecule has 0 aliphatic heterocycles. The molecule has 0 radical (unpaired) electrons. The Morgan fingerprint density at radius 1 is 1.44 bits per heavy atom. The van der Waals surface area contributed by atoms with Crippen LogP contribution in [0.15, 0.2) is 24.3 Å². The molecule has 18 heavy (non-hydrogen) atoms. The lowest BCUT2D eigenvalue weighted by atomic mass is 10.1. The summed E-state index contributed by atoms with van der Waals surface area (Å²) in [4.78, 5) is 11.8. The molecule has 1 aromatic carbocycles. The fourth-order valence-corrected chi connectivity index (χ4v) is 1.78. The highest BCUT2D eigenvalue weighted by atomic mass is 16.5. The molecule has 100 valence electrons. The molecule has 0 aromatic heterocycles. The number of amides is 1. The van der Waals surface area contributed by atoms with E-state index in [2.05, 4.69) is 5.32 Å². The van der Waals surface area contributed by atoms with Crippen molar-refractivity contribution in [3.63, 3.8) is 0 Å². The zero-order chi connectivity index (χ0) is 13.5. The number of para-hydroxylation sites is 1. The van der Waals surface area contributed by atoms with E-state index in [1.165, 1.54) is 0 Å². The second-order valence-corrected chi connectivity index (χ2v) is 4.40. The van der Waals surface area contributed by atoms with Gasteiger partial charge in [0.15, 0.2) is 0 Å². The lowest BCUT2D eigenvalue weighted by molar-refractivity contribution is -0.122. The third-order valence-corrected chi connectivity index (χ3v) is 2.95. The van der Waals surface area contributed by atoms with Gasteiger partial charge in [-0.3, -0.25) is 4.79 Å². The van der Waals surface area contributed by atoms with Gasteiger partial charge in [-0.2, -0.15) is 0 Å². The minimum absolute atomic E-state index is 0.0252. The van der Waals surface area contributed by atoms with Crippen LogP contribution in [0.3, 0.4) is 0 Å². The number of carbonyl (C=O) groups excluding carboxylic acids is 1. The van der Waals surface area contributed by atoms with Crippen molar-refractivity contribution in [2.75, 3.05) is 7.11 Å². The average Bonchev–Trinajstić information content (AvgIpc) is 2.38. The van der Waals surface area contributed by atoms with Gasteiger partial charge in [-0.05, 0) is 19.4 Å². The monoisotopic (exact) mass is 250 g/mol. The van der Waals surface area contributed by atoms with Crippen molar-refractivity contribution in [3.05, 3.63) is 29.8 Å². The zero-order valence-electron chi connectivity index (χ0n) is 11.3. The molecule has 0 saturated heterocycles. The quantitative estimate of drug-likeness (QED) is 0.811. The summed E-state index contributed by atoms with van der Waals surface area (Å²) in [6.45, 7) is 3.91. The van der Waals surface area contributed by atoms with Crippen LogP contribution in [0.4, 0.5) is 0 Å². The number of rotatable bonds is 6. The fraction of sp³-hybridized carbons (Fsp3) is 0.500. The summed E-state index contributed by atoms with van der Waals surface area (Å²) in [5.41, 5.74) is 6.73. The molecule has 0 fully saturated rings. The van der Waals surface area contributed by atoms with Crippen LogP contribution in [0.25, 0.3) is 0 Å². The van der Waals surface area contributed by atoms with Crippen molar-refractivity contribution < 1.29 is 9.53 Å². The van der Waals surface area contributed by atoms with Crippen LogP contribution in [0, 0.1) is 0 Å². The van der Waals surface area contributed by atoms with E-state index in [0.29, 0.717) is 6.42 Å². The van der Waals surface area contributed by atoms with Crippen LogP contribution in [-0.2, 0) is 4.79 Å². The Morgan fingerprint density at radius 2 is 2.11 bits per heavy atom. The first-order valence-corrected chi connectivity index (χ1v) is 6.26. The molecule has 0 aliphatic rings. The smallest absolute Gasteiger partial charge is 0.222 e. The molecule has 0 heterocycles. The number of methoxy groups -OCH3 is 1. The predicted molar refractivity (Wildman–Crippen MR) is 72.4 cm³/mol. The molecule has 3 N–H and O–H groups in total. The van der Waals surface area contributed by atoms with E-state index in [0.717, 1.165) is 17.7 Å². The third kappa shape index (κ3) is 4.04. The lowest BCUT2D eigenvalue weighted by Gasteiger charge is -2.18. The Labute approximate surface area is 109 Å². The van der Waals surface area contributed by atoms with Gasteiger partial charge in [0.2, 0.25) is 5.91 Å². The van der Waals surface area contributed by atoms with Gasteiger partial charge >= 0.3 is 0 Å². The molecule has 0 spiro atoms. The summed E-state index contributed by atoms with van der Waals surface area (Å²) in [6, 6.07) is 7.51. The summed E-state index contributed by atoms with van der Waals surface area (Å²) in [6.07, 6.45) is 1.16. The van der Waals surface area contributed by atoms with Crippen molar-refractivity contribution in [2.24, 2.45) is 5.73 Å². The highest BCUT2D eigenvalue weighted by Gasteiger charge is 2.14. The Morgan fingerprint density at radius 3 is 2.72 bits per heavy atom. The van der Waals surface area contributed by atoms with Crippen LogP contribution < -0.4 is 15.8 Å². The van der Waals surface area contributed by atoms with Gasteiger partial charge in [0.1, 0.15) is 5.75 Å². The molecule has 4 nitrogen and oxygen atoms in total. The van der Waals surface area contributed by atoms with Crippen molar-refractivity contribution in [1.29, 1.82) is 0 Å². The van der Waals surface area contributed by atoms with Gasteiger partial charge in [-0.25, -0.2) is 0 Å². The Kier molecular flexibility index (Phi) is 5.65. The maximum atomic E-state index is 11.8. The van der Waals surface area contributed by atoms with E-state index in [1.807, 2.05) is 38.1 Å². The maximum Gasteiger partial charge on any atom is 0.222 e. The first-order chi connectivity index (χ1) is 8.58. The topological polar surface area (TPSA) is 64.4 Å². The second kappa shape index (κ2) is 7.01. The second-order valence-electron chi connectivity index (χ2n) is 4.40. The zero-order valence-corrected chi connectivity index (χ0v) is 11.3. The number of benzene rings is 1. The van der Waals surface area contributed by atoms with Crippen molar-refractivity contribution in [2.45, 2.75) is 38.8 Å². The number of hydrogen-bond acceptors (Lipinski definition) is 3. The van der Waals surface area contributed by atoms with Crippen molar-refractivity contribution >= 4 is 5.91 Å². The minimum Gasteiger partial charge on any atom is -0.496 e. The molecule has 1 rings (SSSR count). The van der Waals surface area contributed by atoms with Crippen molar-refractivity contribution in [1.82, 2.24) is 5.32 Å². The number of carbonyl (C=O) groups is 1. The fourth-order valence-electron chi connectivity index (χ4n) is 1.78. The standard InChI is InChI=1S/C14H22N2O2/c1-4-11(15)9-14(17)16-10(2)12-7-5-6-8-13(12)18-3/h5-8,10-11H,4,9,15H2,1-3H3,(H,16,17)/t10-,11?/m0/s1. The Bertz CT molecular complexity index is 393. The molecule has 0 bridgehead atoms. The van der Waals surface area contributed by atoms with Gasteiger partial charge in [0.25, 0.3) is 0 Å². The Balaban J connectivity index is 2.64. The van der Waals surface area contributed by atoms with E-state index in [9.17, 15) is 4.79 Å². The number of nitrogens with two attached hydrogens (primary N) is 1. The lowest BCUT2D eigenvalue weighted by Crippen LogP contribution is -2.32. The molecular formula is C14H22N2O2. The van der Waals surface area contributed by atoms with E-state index in [4.69, 9.17) is 10.5 Å². The van der Waals surface area contributed by atoms with E-state index >= 15 is 0 Å². The first kappa shape index (κ1) is 14.5. The van der Waals surface area contributed by atoms with Gasteiger partial charge in [-0.1, -0.05) is 25.1 Å². The normalized spacial score (nSPS) is 13.8. The van der Waals surface area contributed by atoms with E-state index < -0.39 is 0 Å². The first-order valence-electron chi connectivity index (χ1n) is 6.26. The third-order valence-electron chi connectivity index (χ3n) is 2.95. The van der Waals surface area contributed by atoms with Crippen LogP contribution in [-0.4, -0.2) is 19.1 Å². The van der Waals surface area contributed by atoms with E-state index in [1.54, 1.807) is 7.11 Å². The molecular weight excluding hydrogens is 228 g/mol. The highest BCUT2D eigenvalue weighted by Crippen LogP contribution is 2.24. The maximum absolute atomic E-state index is 11.8. The van der Waals surface area contributed by atoms with Crippen LogP contribution in [0.5, 0.6) is 5.75 Å².